The van der Waals surface area contributed by atoms with Crippen molar-refractivity contribution in [2.24, 2.45) is 11.8 Å². The average molecular weight is 289 g/mol. The first kappa shape index (κ1) is 15.6. The van der Waals surface area contributed by atoms with Crippen LogP contribution in [-0.4, -0.2) is 55.2 Å². The quantitative estimate of drug-likeness (QED) is 0.796. The number of likely N-dealkylation sites (tertiary alicyclic amines) is 2. The minimum atomic E-state index is -4.40. The van der Waals surface area contributed by atoms with Gasteiger partial charge in [0.15, 0.2) is 5.92 Å². The van der Waals surface area contributed by atoms with Crippen molar-refractivity contribution in [2.45, 2.75) is 31.9 Å². The highest BCUT2D eigenvalue weighted by atomic mass is 19.4. The summed E-state index contributed by atoms with van der Waals surface area (Å²) < 4.78 is 37.7. The Hall–Kier alpha value is -0.800. The molecule has 3 nitrogen and oxygen atoms in total. The standard InChI is InChI=1S/C14H22F3N3/c15-14(16,17)13(9-18)11-20-7-3-12(4-8-20)10-19-5-1-2-6-19/h12-13H,1-8,10-11H2. The minimum Gasteiger partial charge on any atom is -0.303 e. The summed E-state index contributed by atoms with van der Waals surface area (Å²) in [6.07, 6.45) is 0.0444. The summed E-state index contributed by atoms with van der Waals surface area (Å²) in [5.41, 5.74) is 0. The van der Waals surface area contributed by atoms with E-state index in [0.717, 1.165) is 19.4 Å². The zero-order valence-corrected chi connectivity index (χ0v) is 11.7. The fourth-order valence-corrected chi connectivity index (χ4v) is 3.16. The Morgan fingerprint density at radius 3 is 2.15 bits per heavy atom. The molecule has 114 valence electrons. The molecule has 0 N–H and O–H groups in total. The number of rotatable bonds is 4. The average Bonchev–Trinajstić information content (AvgIpc) is 2.89. The van der Waals surface area contributed by atoms with Crippen molar-refractivity contribution >= 4 is 0 Å². The van der Waals surface area contributed by atoms with E-state index in [2.05, 4.69) is 4.90 Å². The van der Waals surface area contributed by atoms with E-state index in [-0.39, 0.29) is 6.54 Å². The van der Waals surface area contributed by atoms with Crippen LogP contribution >= 0.6 is 0 Å². The van der Waals surface area contributed by atoms with Gasteiger partial charge in [0.2, 0.25) is 0 Å². The van der Waals surface area contributed by atoms with Crippen LogP contribution in [0, 0.1) is 23.2 Å². The molecule has 0 radical (unpaired) electrons. The maximum absolute atomic E-state index is 12.6. The van der Waals surface area contributed by atoms with Gasteiger partial charge in [0.25, 0.3) is 0 Å². The summed E-state index contributed by atoms with van der Waals surface area (Å²) in [5.74, 6) is -1.24. The van der Waals surface area contributed by atoms with Crippen LogP contribution in [0.5, 0.6) is 0 Å². The second-order valence-corrected chi connectivity index (χ2v) is 5.97. The van der Waals surface area contributed by atoms with Gasteiger partial charge < -0.3 is 9.80 Å². The molecular formula is C14H22F3N3. The first-order valence-electron chi connectivity index (χ1n) is 7.40. The van der Waals surface area contributed by atoms with Crippen molar-refractivity contribution in [3.8, 4) is 6.07 Å². The number of hydrogen-bond donors (Lipinski definition) is 0. The van der Waals surface area contributed by atoms with E-state index in [1.807, 2.05) is 0 Å². The van der Waals surface area contributed by atoms with Gasteiger partial charge in [-0.2, -0.15) is 18.4 Å². The summed E-state index contributed by atoms with van der Waals surface area (Å²) in [5, 5.41) is 8.63. The van der Waals surface area contributed by atoms with Crippen LogP contribution in [0.1, 0.15) is 25.7 Å². The third-order valence-corrected chi connectivity index (χ3v) is 4.41. The summed E-state index contributed by atoms with van der Waals surface area (Å²) >= 11 is 0. The minimum absolute atomic E-state index is 0.170. The molecule has 2 rings (SSSR count). The lowest BCUT2D eigenvalue weighted by Crippen LogP contribution is -2.42. The van der Waals surface area contributed by atoms with Crippen molar-refractivity contribution < 1.29 is 13.2 Å². The second kappa shape index (κ2) is 6.77. The molecule has 0 aromatic rings. The Labute approximate surface area is 118 Å². The normalized spacial score (nSPS) is 24.7. The van der Waals surface area contributed by atoms with Gasteiger partial charge in [-0.25, -0.2) is 0 Å². The molecule has 0 bridgehead atoms. The molecule has 1 unspecified atom stereocenters. The predicted octanol–water partition coefficient (Wildman–Crippen LogP) is 2.50. The highest BCUT2D eigenvalue weighted by molar-refractivity contribution is 4.91. The molecule has 2 fully saturated rings. The Morgan fingerprint density at radius 2 is 1.65 bits per heavy atom. The summed E-state index contributed by atoms with van der Waals surface area (Å²) in [4.78, 5) is 4.26. The second-order valence-electron chi connectivity index (χ2n) is 5.97. The topological polar surface area (TPSA) is 30.3 Å². The van der Waals surface area contributed by atoms with Crippen LogP contribution in [0.25, 0.3) is 0 Å². The third kappa shape index (κ3) is 4.35. The van der Waals surface area contributed by atoms with Crippen LogP contribution in [0.15, 0.2) is 0 Å². The van der Waals surface area contributed by atoms with E-state index < -0.39 is 12.1 Å². The molecule has 2 aliphatic heterocycles. The van der Waals surface area contributed by atoms with Crippen LogP contribution < -0.4 is 0 Å². The fraction of sp³-hybridized carbons (Fsp3) is 0.929. The highest BCUT2D eigenvalue weighted by Gasteiger charge is 2.41. The van der Waals surface area contributed by atoms with E-state index in [0.29, 0.717) is 19.0 Å². The zero-order chi connectivity index (χ0) is 14.6. The SMILES string of the molecule is N#CC(CN1CCC(CN2CCCC2)CC1)C(F)(F)F. The highest BCUT2D eigenvalue weighted by Crippen LogP contribution is 2.28. The number of halogens is 3. The lowest BCUT2D eigenvalue weighted by molar-refractivity contribution is -0.163. The van der Waals surface area contributed by atoms with Crippen molar-refractivity contribution in [3.63, 3.8) is 0 Å². The van der Waals surface area contributed by atoms with Crippen LogP contribution in [0.4, 0.5) is 13.2 Å². The van der Waals surface area contributed by atoms with E-state index in [1.165, 1.54) is 32.0 Å². The Kier molecular flexibility index (Phi) is 5.28. The molecule has 0 aromatic heterocycles. The summed E-state index contributed by atoms with van der Waals surface area (Å²) in [6.45, 7) is 4.64. The lowest BCUT2D eigenvalue weighted by atomic mass is 9.95. The summed E-state index contributed by atoms with van der Waals surface area (Å²) in [6, 6.07) is 1.38. The molecular weight excluding hydrogens is 267 g/mol. The van der Waals surface area contributed by atoms with E-state index >= 15 is 0 Å². The molecule has 6 heteroatoms. The molecule has 2 aliphatic rings. The molecule has 1 atom stereocenters. The zero-order valence-electron chi connectivity index (χ0n) is 11.7. The molecule has 0 amide bonds. The third-order valence-electron chi connectivity index (χ3n) is 4.41. The number of piperidine rings is 1. The van der Waals surface area contributed by atoms with Gasteiger partial charge in [-0.1, -0.05) is 0 Å². The van der Waals surface area contributed by atoms with Crippen LogP contribution in [0.3, 0.4) is 0 Å². The first-order valence-corrected chi connectivity index (χ1v) is 7.40. The van der Waals surface area contributed by atoms with Gasteiger partial charge in [-0.15, -0.1) is 0 Å². The fourth-order valence-electron chi connectivity index (χ4n) is 3.16. The van der Waals surface area contributed by atoms with Crippen LogP contribution in [0.2, 0.25) is 0 Å². The Bertz CT molecular complexity index is 337. The van der Waals surface area contributed by atoms with Gasteiger partial charge in [0, 0.05) is 13.1 Å². The maximum Gasteiger partial charge on any atom is 0.405 e. The number of nitriles is 1. The van der Waals surface area contributed by atoms with Gasteiger partial charge in [-0.05, 0) is 57.8 Å². The molecule has 2 saturated heterocycles. The number of nitrogens with zero attached hydrogens (tertiary/aromatic N) is 3. The van der Waals surface area contributed by atoms with E-state index in [1.54, 1.807) is 4.90 Å². The lowest BCUT2D eigenvalue weighted by Gasteiger charge is -2.34. The van der Waals surface area contributed by atoms with Crippen molar-refractivity contribution in [2.75, 3.05) is 39.3 Å². The predicted molar refractivity (Wildman–Crippen MR) is 70.0 cm³/mol. The molecule has 0 aliphatic carbocycles. The van der Waals surface area contributed by atoms with Crippen molar-refractivity contribution in [1.29, 1.82) is 5.26 Å². The molecule has 0 saturated carbocycles. The van der Waals surface area contributed by atoms with Gasteiger partial charge >= 0.3 is 6.18 Å². The van der Waals surface area contributed by atoms with E-state index in [9.17, 15) is 13.2 Å². The molecule has 0 aromatic carbocycles. The van der Waals surface area contributed by atoms with Gasteiger partial charge in [0.1, 0.15) is 0 Å². The maximum atomic E-state index is 12.6. The van der Waals surface area contributed by atoms with E-state index in [4.69, 9.17) is 5.26 Å². The van der Waals surface area contributed by atoms with Gasteiger partial charge in [0.05, 0.1) is 6.07 Å². The Balaban J connectivity index is 1.72. The molecule has 0 spiro atoms. The summed E-state index contributed by atoms with van der Waals surface area (Å²) in [7, 11) is 0. The Morgan fingerprint density at radius 1 is 1.05 bits per heavy atom. The monoisotopic (exact) mass is 289 g/mol. The smallest absolute Gasteiger partial charge is 0.303 e. The first-order chi connectivity index (χ1) is 9.49. The molecule has 2 heterocycles. The number of alkyl halides is 3. The van der Waals surface area contributed by atoms with Crippen molar-refractivity contribution in [3.05, 3.63) is 0 Å². The van der Waals surface area contributed by atoms with Crippen LogP contribution in [-0.2, 0) is 0 Å². The van der Waals surface area contributed by atoms with Gasteiger partial charge in [-0.3, -0.25) is 0 Å². The van der Waals surface area contributed by atoms with Crippen molar-refractivity contribution in [1.82, 2.24) is 9.80 Å². The largest absolute Gasteiger partial charge is 0.405 e. The molecule has 20 heavy (non-hydrogen) atoms. The number of hydrogen-bond acceptors (Lipinski definition) is 3.